The van der Waals surface area contributed by atoms with Crippen molar-refractivity contribution in [2.24, 2.45) is 17.0 Å². The van der Waals surface area contributed by atoms with E-state index in [-0.39, 0.29) is 42.0 Å². The molecule has 2 aromatic carbocycles. The van der Waals surface area contributed by atoms with Gasteiger partial charge in [0.15, 0.2) is 21.0 Å². The average Bonchev–Trinajstić information content (AvgIpc) is 3.24. The smallest absolute Gasteiger partial charge is 0.223 e. The van der Waals surface area contributed by atoms with Crippen LogP contribution in [0.4, 0.5) is 0 Å². The summed E-state index contributed by atoms with van der Waals surface area (Å²) in [6.45, 7) is 1.29. The first-order valence-corrected chi connectivity index (χ1v) is 15.2. The highest BCUT2D eigenvalue weighted by Crippen LogP contribution is 2.36. The molecule has 0 unspecified atom stereocenters. The van der Waals surface area contributed by atoms with Gasteiger partial charge in [-0.2, -0.15) is 0 Å². The van der Waals surface area contributed by atoms with Crippen LogP contribution in [0.2, 0.25) is 5.02 Å². The van der Waals surface area contributed by atoms with Crippen molar-refractivity contribution in [1.29, 1.82) is 0 Å². The lowest BCUT2D eigenvalue weighted by Crippen LogP contribution is -2.38. The summed E-state index contributed by atoms with van der Waals surface area (Å²) >= 11 is 7.57. The van der Waals surface area contributed by atoms with Crippen LogP contribution in [-0.4, -0.2) is 74.3 Å². The van der Waals surface area contributed by atoms with E-state index in [1.54, 1.807) is 59.7 Å². The average molecular weight is 579 g/mol. The third-order valence-corrected chi connectivity index (χ3v) is 9.91. The molecule has 1 aromatic heterocycles. The van der Waals surface area contributed by atoms with Crippen LogP contribution in [0.3, 0.4) is 0 Å². The zero-order valence-electron chi connectivity index (χ0n) is 21.3. The number of thiazole rings is 1. The van der Waals surface area contributed by atoms with Gasteiger partial charge >= 0.3 is 0 Å². The Bertz CT molecular complexity index is 1510. The fraction of sp³-hybridized carbons (Fsp3) is 0.423. The highest BCUT2D eigenvalue weighted by atomic mass is 35.5. The number of carbonyl (C=O) groups excluding carboxylic acids is 1. The van der Waals surface area contributed by atoms with E-state index in [4.69, 9.17) is 21.4 Å². The fourth-order valence-electron chi connectivity index (χ4n) is 4.53. The van der Waals surface area contributed by atoms with E-state index in [0.717, 1.165) is 33.3 Å². The molecule has 0 spiro atoms. The van der Waals surface area contributed by atoms with Gasteiger partial charge in [0.25, 0.3) is 0 Å². The Morgan fingerprint density at radius 1 is 1.21 bits per heavy atom. The van der Waals surface area contributed by atoms with E-state index in [2.05, 4.69) is 9.98 Å². The lowest BCUT2D eigenvalue weighted by molar-refractivity contribution is -0.131. The summed E-state index contributed by atoms with van der Waals surface area (Å²) in [6, 6.07) is 10.2. The third kappa shape index (κ3) is 6.45. The lowest BCUT2D eigenvalue weighted by atomic mass is 9.95. The number of benzene rings is 2. The van der Waals surface area contributed by atoms with Crippen LogP contribution in [-0.2, 0) is 21.7 Å². The molecule has 0 atom stereocenters. The molecule has 1 aliphatic rings. The molecule has 0 aliphatic carbocycles. The third-order valence-electron chi connectivity index (χ3n) is 6.60. The van der Waals surface area contributed by atoms with E-state index >= 15 is 0 Å². The number of hydrogen-bond donors (Lipinski definition) is 1. The number of aliphatic hydroxyl groups is 1. The summed E-state index contributed by atoms with van der Waals surface area (Å²) in [5.41, 5.74) is 0. The number of hydrogen-bond acceptors (Lipinski definition) is 8. The molecule has 12 heteroatoms. The van der Waals surface area contributed by atoms with Gasteiger partial charge < -0.3 is 14.7 Å². The molecule has 1 fully saturated rings. The number of sulfone groups is 1. The van der Waals surface area contributed by atoms with Crippen molar-refractivity contribution in [2.45, 2.75) is 30.1 Å². The Balaban J connectivity index is 1.37. The summed E-state index contributed by atoms with van der Waals surface area (Å²) in [4.78, 5) is 25.0. The van der Waals surface area contributed by atoms with E-state index in [1.807, 2.05) is 11.6 Å². The van der Waals surface area contributed by atoms with Gasteiger partial charge in [-0.15, -0.1) is 0 Å². The van der Waals surface area contributed by atoms with Crippen molar-refractivity contribution in [2.75, 3.05) is 39.0 Å². The first-order chi connectivity index (χ1) is 18.2. The number of fused-ring (bicyclic) bond motifs is 1. The van der Waals surface area contributed by atoms with Gasteiger partial charge in [-0.25, -0.2) is 8.42 Å². The first kappa shape index (κ1) is 28.3. The predicted octanol–water partition coefficient (Wildman–Crippen LogP) is 3.39. The molecule has 0 saturated carbocycles. The van der Waals surface area contributed by atoms with E-state index in [9.17, 15) is 13.2 Å². The topological polar surface area (TPSA) is 114 Å². The number of halogens is 1. The molecule has 1 aliphatic heterocycles. The second-order valence-corrected chi connectivity index (χ2v) is 12.6. The summed E-state index contributed by atoms with van der Waals surface area (Å²) < 4.78 is 33.6. The summed E-state index contributed by atoms with van der Waals surface area (Å²) in [7, 11) is -0.00896. The molecule has 0 bridgehead atoms. The van der Waals surface area contributed by atoms with E-state index in [0.29, 0.717) is 24.0 Å². The summed E-state index contributed by atoms with van der Waals surface area (Å²) in [6.07, 6.45) is 2.75. The highest BCUT2D eigenvalue weighted by Gasteiger charge is 2.29. The summed E-state index contributed by atoms with van der Waals surface area (Å²) in [5.74, 6) is 0.443. The molecule has 204 valence electrons. The number of aliphatic hydroxyl groups excluding tert-OH is 1. The quantitative estimate of drug-likeness (QED) is 0.309. The Morgan fingerprint density at radius 2 is 1.92 bits per heavy atom. The molecule has 1 amide bonds. The Hall–Kier alpha value is -2.73. The molecule has 2 heterocycles. The monoisotopic (exact) mass is 578 g/mol. The maximum Gasteiger partial charge on any atom is 0.223 e. The van der Waals surface area contributed by atoms with Crippen molar-refractivity contribution in [3.63, 3.8) is 0 Å². The maximum absolute atomic E-state index is 12.9. The van der Waals surface area contributed by atoms with Crippen LogP contribution < -0.4 is 9.54 Å². The minimum Gasteiger partial charge on any atom is -0.428 e. The molecule has 3 aromatic rings. The molecular formula is C26H31ClN4O5S2. The zero-order chi connectivity index (χ0) is 27.3. The van der Waals surface area contributed by atoms with Gasteiger partial charge in [-0.3, -0.25) is 19.3 Å². The molecule has 0 radical (unpaired) electrons. The number of aromatic nitrogens is 1. The second kappa shape index (κ2) is 12.4. The zero-order valence-corrected chi connectivity index (χ0v) is 23.7. The number of piperidine rings is 1. The number of likely N-dealkylation sites (tertiary alicyclic amines) is 1. The van der Waals surface area contributed by atoms with Gasteiger partial charge in [0, 0.05) is 44.5 Å². The number of amides is 1. The minimum absolute atomic E-state index is 0.0522. The summed E-state index contributed by atoms with van der Waals surface area (Å²) in [5, 5.41) is 11.2. The van der Waals surface area contributed by atoms with Crippen LogP contribution in [0.25, 0.3) is 10.8 Å². The number of carbonyl (C=O) groups is 1. The molecule has 9 nitrogen and oxygen atoms in total. The van der Waals surface area contributed by atoms with Crippen molar-refractivity contribution in [3.05, 3.63) is 51.1 Å². The van der Waals surface area contributed by atoms with Crippen LogP contribution >= 0.6 is 22.9 Å². The van der Waals surface area contributed by atoms with Crippen LogP contribution in [0.5, 0.6) is 5.88 Å². The van der Waals surface area contributed by atoms with Gasteiger partial charge in [0.05, 0.1) is 28.7 Å². The largest absolute Gasteiger partial charge is 0.428 e. The van der Waals surface area contributed by atoms with Gasteiger partial charge in [-0.05, 0) is 47.9 Å². The Morgan fingerprint density at radius 3 is 2.63 bits per heavy atom. The SMILES string of the molecule is CN=c1sc(C2CCN(C(=O)CCS(=O)(=O)c3ccc4cc(Cl)ccc4c3)CC2)c(OC=NCCO)n1C. The molecule has 1 saturated heterocycles. The minimum atomic E-state index is -3.61. The van der Waals surface area contributed by atoms with Gasteiger partial charge in [0.1, 0.15) is 0 Å². The predicted molar refractivity (Wildman–Crippen MR) is 150 cm³/mol. The van der Waals surface area contributed by atoms with Crippen molar-refractivity contribution in [3.8, 4) is 5.88 Å². The number of aliphatic imine (C=N–C) groups is 1. The molecular weight excluding hydrogens is 548 g/mol. The van der Waals surface area contributed by atoms with Gasteiger partial charge in [-0.1, -0.05) is 35.1 Å². The van der Waals surface area contributed by atoms with E-state index < -0.39 is 9.84 Å². The standard InChI is InChI=1S/C26H31ClN4O5S2/c1-28-26-30(2)25(36-17-29-10-13-32)24(37-26)18-7-11-31(12-8-18)23(33)9-14-38(34,35)22-6-4-19-15-21(27)5-3-20(19)16-22/h3-6,15-18,32H,7-14H2,1-2H3. The Labute approximate surface area is 231 Å². The van der Waals surface area contributed by atoms with Crippen molar-refractivity contribution >= 4 is 55.9 Å². The van der Waals surface area contributed by atoms with Crippen LogP contribution in [0.15, 0.2) is 51.3 Å². The van der Waals surface area contributed by atoms with Gasteiger partial charge in [0.2, 0.25) is 11.8 Å². The van der Waals surface area contributed by atoms with Crippen molar-refractivity contribution in [1.82, 2.24) is 9.47 Å². The Kier molecular flexibility index (Phi) is 9.24. The number of ether oxygens (including phenoxy) is 1. The second-order valence-electron chi connectivity index (χ2n) is 9.07. The molecule has 1 N–H and O–H groups in total. The van der Waals surface area contributed by atoms with Crippen LogP contribution in [0, 0.1) is 0 Å². The number of rotatable bonds is 9. The first-order valence-electron chi connectivity index (χ1n) is 12.3. The van der Waals surface area contributed by atoms with Crippen molar-refractivity contribution < 1.29 is 23.1 Å². The molecule has 4 rings (SSSR count). The highest BCUT2D eigenvalue weighted by molar-refractivity contribution is 7.91. The lowest BCUT2D eigenvalue weighted by Gasteiger charge is -2.31. The van der Waals surface area contributed by atoms with Crippen LogP contribution in [0.1, 0.15) is 30.1 Å². The number of nitrogens with zero attached hydrogens (tertiary/aromatic N) is 4. The maximum atomic E-state index is 12.9. The molecule has 38 heavy (non-hydrogen) atoms. The fourth-order valence-corrected chi connectivity index (χ4v) is 7.15. The normalized spacial score (nSPS) is 15.6. The van der Waals surface area contributed by atoms with E-state index in [1.165, 1.54) is 6.40 Å².